The number of phenols is 1. The van der Waals surface area contributed by atoms with Gasteiger partial charge in [-0.25, -0.2) is 0 Å². The van der Waals surface area contributed by atoms with Crippen LogP contribution < -0.4 is 5.43 Å². The molecule has 0 unspecified atom stereocenters. The van der Waals surface area contributed by atoms with E-state index in [2.05, 4.69) is 10.5 Å². The first-order valence-corrected chi connectivity index (χ1v) is 7.39. The minimum absolute atomic E-state index is 0.00266. The second-order valence-corrected chi connectivity index (χ2v) is 5.34. The maximum atomic E-state index is 11.1. The Bertz CT molecular complexity index is 1050. The van der Waals surface area contributed by atoms with E-state index >= 15 is 0 Å². The molecule has 3 aromatic rings. The van der Waals surface area contributed by atoms with E-state index in [1.54, 1.807) is 12.1 Å². The number of nitrogens with zero attached hydrogens (tertiary/aromatic N) is 3. The van der Waals surface area contributed by atoms with Crippen LogP contribution >= 0.6 is 0 Å². The Hall–Kier alpha value is -4.01. The highest BCUT2D eigenvalue weighted by molar-refractivity contribution is 5.93. The van der Waals surface area contributed by atoms with Crippen molar-refractivity contribution in [1.29, 1.82) is 0 Å². The van der Waals surface area contributed by atoms with E-state index < -0.39 is 21.2 Å². The highest BCUT2D eigenvalue weighted by Crippen LogP contribution is 2.29. The zero-order valence-electron chi connectivity index (χ0n) is 13.2. The van der Waals surface area contributed by atoms with Crippen molar-refractivity contribution in [2.45, 2.75) is 0 Å². The van der Waals surface area contributed by atoms with Crippen LogP contribution in [0.15, 0.2) is 59.7 Å². The summed E-state index contributed by atoms with van der Waals surface area (Å²) in [7, 11) is 0. The van der Waals surface area contributed by atoms with Crippen LogP contribution in [0, 0.1) is 20.2 Å². The number of hydrazone groups is 1. The predicted octanol–water partition coefficient (Wildman–Crippen LogP) is 3.81. The molecule has 0 aromatic heterocycles. The van der Waals surface area contributed by atoms with Gasteiger partial charge in [-0.2, -0.15) is 5.10 Å². The lowest BCUT2D eigenvalue weighted by Gasteiger charge is -2.04. The molecule has 130 valence electrons. The minimum atomic E-state index is -0.738. The SMILES string of the molecule is O=[N+]([O-])c1ccc(NN=Cc2cc3ccccc3cc2O)c([N+](=O)[O-])c1. The summed E-state index contributed by atoms with van der Waals surface area (Å²) in [6.07, 6.45) is 1.31. The number of phenolic OH excluding ortho intramolecular Hbond substituents is 1. The molecule has 26 heavy (non-hydrogen) atoms. The minimum Gasteiger partial charge on any atom is -0.507 e. The Morgan fingerprint density at radius 1 is 0.962 bits per heavy atom. The summed E-state index contributed by atoms with van der Waals surface area (Å²) in [6, 6.07) is 13.9. The Morgan fingerprint density at radius 3 is 2.31 bits per heavy atom. The average Bonchev–Trinajstić information content (AvgIpc) is 2.62. The molecular weight excluding hydrogens is 340 g/mol. The van der Waals surface area contributed by atoms with Gasteiger partial charge in [0, 0.05) is 11.6 Å². The molecule has 0 atom stereocenters. The number of aromatic hydroxyl groups is 1. The number of fused-ring (bicyclic) bond motifs is 1. The van der Waals surface area contributed by atoms with E-state index in [1.807, 2.05) is 24.3 Å². The van der Waals surface area contributed by atoms with Crippen LogP contribution in [0.1, 0.15) is 5.56 Å². The summed E-state index contributed by atoms with van der Waals surface area (Å²) in [6.45, 7) is 0. The van der Waals surface area contributed by atoms with Crippen molar-refractivity contribution in [1.82, 2.24) is 0 Å². The number of nitro groups is 2. The molecule has 3 rings (SSSR count). The van der Waals surface area contributed by atoms with Gasteiger partial charge >= 0.3 is 5.69 Å². The number of anilines is 1. The first-order valence-electron chi connectivity index (χ1n) is 7.39. The van der Waals surface area contributed by atoms with Gasteiger partial charge in [0.2, 0.25) is 0 Å². The Morgan fingerprint density at radius 2 is 1.65 bits per heavy atom. The molecule has 0 saturated heterocycles. The summed E-state index contributed by atoms with van der Waals surface area (Å²) in [5, 5.41) is 37.5. The zero-order chi connectivity index (χ0) is 18.7. The van der Waals surface area contributed by atoms with E-state index in [4.69, 9.17) is 0 Å². The number of hydrogen-bond acceptors (Lipinski definition) is 7. The molecular formula is C17H12N4O5. The van der Waals surface area contributed by atoms with Gasteiger partial charge in [-0.15, -0.1) is 0 Å². The number of hydrogen-bond donors (Lipinski definition) is 2. The number of nitro benzene ring substituents is 2. The number of benzene rings is 3. The Kier molecular flexibility index (Phi) is 4.44. The Balaban J connectivity index is 1.88. The van der Waals surface area contributed by atoms with E-state index in [1.165, 1.54) is 12.3 Å². The van der Waals surface area contributed by atoms with Crippen LogP contribution in [0.25, 0.3) is 10.8 Å². The van der Waals surface area contributed by atoms with Crippen molar-refractivity contribution in [3.05, 3.63) is 80.4 Å². The summed E-state index contributed by atoms with van der Waals surface area (Å²) in [5.74, 6) is 0.00690. The van der Waals surface area contributed by atoms with Gasteiger partial charge in [0.15, 0.2) is 0 Å². The lowest BCUT2D eigenvalue weighted by Crippen LogP contribution is -1.98. The first kappa shape index (κ1) is 16.8. The number of rotatable bonds is 5. The largest absolute Gasteiger partial charge is 0.507 e. The summed E-state index contributed by atoms with van der Waals surface area (Å²) in [5.41, 5.74) is 2.03. The van der Waals surface area contributed by atoms with Crippen LogP contribution in [-0.2, 0) is 0 Å². The molecule has 0 amide bonds. The fourth-order valence-corrected chi connectivity index (χ4v) is 2.40. The van der Waals surface area contributed by atoms with Crippen molar-refractivity contribution in [3.8, 4) is 5.75 Å². The molecule has 0 bridgehead atoms. The molecule has 9 heteroatoms. The van der Waals surface area contributed by atoms with Gasteiger partial charge in [0.25, 0.3) is 5.69 Å². The van der Waals surface area contributed by atoms with Gasteiger partial charge < -0.3 is 5.11 Å². The van der Waals surface area contributed by atoms with Crippen LogP contribution in [0.5, 0.6) is 5.75 Å². The van der Waals surface area contributed by atoms with Crippen molar-refractivity contribution >= 4 is 34.0 Å². The molecule has 9 nitrogen and oxygen atoms in total. The third kappa shape index (κ3) is 3.41. The lowest BCUT2D eigenvalue weighted by molar-refractivity contribution is -0.393. The quantitative estimate of drug-likeness (QED) is 0.408. The molecule has 0 aliphatic heterocycles. The normalized spacial score (nSPS) is 10.9. The van der Waals surface area contributed by atoms with Crippen LogP contribution in [0.2, 0.25) is 0 Å². The molecule has 0 aliphatic carbocycles. The summed E-state index contributed by atoms with van der Waals surface area (Å²) < 4.78 is 0. The van der Waals surface area contributed by atoms with Gasteiger partial charge in [-0.3, -0.25) is 25.7 Å². The van der Waals surface area contributed by atoms with Crippen molar-refractivity contribution in [2.75, 3.05) is 5.43 Å². The fraction of sp³-hybridized carbons (Fsp3) is 0. The number of nitrogens with one attached hydrogen (secondary N) is 1. The first-order chi connectivity index (χ1) is 12.5. The molecule has 0 saturated carbocycles. The van der Waals surface area contributed by atoms with Crippen molar-refractivity contribution in [3.63, 3.8) is 0 Å². The molecule has 0 radical (unpaired) electrons. The average molecular weight is 352 g/mol. The van der Waals surface area contributed by atoms with Crippen molar-refractivity contribution in [2.24, 2.45) is 5.10 Å². The van der Waals surface area contributed by atoms with E-state index in [0.29, 0.717) is 5.56 Å². The third-order valence-electron chi connectivity index (χ3n) is 3.67. The summed E-state index contributed by atoms with van der Waals surface area (Å²) >= 11 is 0. The monoisotopic (exact) mass is 352 g/mol. The molecule has 0 heterocycles. The van der Waals surface area contributed by atoms with Crippen LogP contribution in [0.3, 0.4) is 0 Å². The third-order valence-corrected chi connectivity index (χ3v) is 3.67. The highest BCUT2D eigenvalue weighted by atomic mass is 16.6. The second-order valence-electron chi connectivity index (χ2n) is 5.34. The van der Waals surface area contributed by atoms with E-state index in [0.717, 1.165) is 22.9 Å². The molecule has 2 N–H and O–H groups in total. The molecule has 0 fully saturated rings. The van der Waals surface area contributed by atoms with Crippen LogP contribution in [0.4, 0.5) is 17.1 Å². The second kappa shape index (κ2) is 6.85. The topological polar surface area (TPSA) is 131 Å². The van der Waals surface area contributed by atoms with Gasteiger partial charge in [0.1, 0.15) is 11.4 Å². The van der Waals surface area contributed by atoms with Crippen LogP contribution in [-0.4, -0.2) is 21.2 Å². The Labute approximate surface area is 146 Å². The molecule has 0 spiro atoms. The zero-order valence-corrected chi connectivity index (χ0v) is 13.2. The van der Waals surface area contributed by atoms with Gasteiger partial charge in [0.05, 0.1) is 22.1 Å². The van der Waals surface area contributed by atoms with E-state index in [9.17, 15) is 25.3 Å². The lowest BCUT2D eigenvalue weighted by atomic mass is 10.1. The maximum absolute atomic E-state index is 11.1. The van der Waals surface area contributed by atoms with Gasteiger partial charge in [-0.05, 0) is 29.0 Å². The summed E-state index contributed by atoms with van der Waals surface area (Å²) in [4.78, 5) is 20.4. The highest BCUT2D eigenvalue weighted by Gasteiger charge is 2.19. The predicted molar refractivity (Wildman–Crippen MR) is 96.6 cm³/mol. The smallest absolute Gasteiger partial charge is 0.301 e. The molecule has 0 aliphatic rings. The molecule has 3 aromatic carbocycles. The number of non-ortho nitro benzene ring substituents is 1. The standard InChI is InChI=1S/C17H12N4O5/c22-17-8-12-4-2-1-3-11(12)7-13(17)10-18-19-15-6-5-14(20(23)24)9-16(15)21(25)26/h1-10,19,22H. The maximum Gasteiger partial charge on any atom is 0.301 e. The van der Waals surface area contributed by atoms with E-state index in [-0.39, 0.29) is 11.4 Å². The van der Waals surface area contributed by atoms with Crippen molar-refractivity contribution < 1.29 is 15.0 Å². The fourth-order valence-electron chi connectivity index (χ4n) is 2.40. The van der Waals surface area contributed by atoms with Gasteiger partial charge in [-0.1, -0.05) is 24.3 Å².